The van der Waals surface area contributed by atoms with Crippen LogP contribution in [0.15, 0.2) is 18.2 Å². The molecular weight excluding hydrogens is 230 g/mol. The van der Waals surface area contributed by atoms with Crippen LogP contribution in [-0.2, 0) is 0 Å². The number of hydrogen-bond donors (Lipinski definition) is 2. The van der Waals surface area contributed by atoms with Crippen LogP contribution in [0.2, 0.25) is 0 Å². The number of fused-ring (bicyclic) bond motifs is 1. The van der Waals surface area contributed by atoms with Gasteiger partial charge in [0.15, 0.2) is 11.5 Å². The number of ether oxygens (including phenoxy) is 2. The lowest BCUT2D eigenvalue weighted by molar-refractivity contribution is 0.170. The van der Waals surface area contributed by atoms with Crippen molar-refractivity contribution in [1.82, 2.24) is 5.32 Å². The Hall–Kier alpha value is -1.26. The molecule has 1 aromatic carbocycles. The third kappa shape index (κ3) is 2.76. The fraction of sp³-hybridized carbons (Fsp3) is 0.571. The molecule has 0 saturated heterocycles. The molecule has 0 radical (unpaired) electrons. The Labute approximate surface area is 107 Å². The van der Waals surface area contributed by atoms with Crippen LogP contribution in [0, 0.1) is 5.92 Å². The van der Waals surface area contributed by atoms with E-state index in [4.69, 9.17) is 9.47 Å². The molecule has 1 aliphatic carbocycles. The van der Waals surface area contributed by atoms with E-state index < -0.39 is 6.10 Å². The van der Waals surface area contributed by atoms with E-state index in [1.807, 2.05) is 18.2 Å². The Bertz CT molecular complexity index is 418. The number of nitrogens with one attached hydrogen (secondary N) is 1. The van der Waals surface area contributed by atoms with Crippen LogP contribution in [-0.4, -0.2) is 25.0 Å². The van der Waals surface area contributed by atoms with Gasteiger partial charge in [-0.2, -0.15) is 0 Å². The van der Waals surface area contributed by atoms with Crippen LogP contribution in [0.4, 0.5) is 0 Å². The molecule has 1 heterocycles. The second kappa shape index (κ2) is 5.16. The van der Waals surface area contributed by atoms with Gasteiger partial charge in [-0.05, 0) is 36.6 Å². The van der Waals surface area contributed by atoms with Gasteiger partial charge >= 0.3 is 0 Å². The average molecular weight is 249 g/mol. The largest absolute Gasteiger partial charge is 0.454 e. The first-order valence-corrected chi connectivity index (χ1v) is 6.61. The molecule has 2 aliphatic rings. The molecule has 4 heteroatoms. The molecular formula is C14H19NO3. The van der Waals surface area contributed by atoms with Crippen molar-refractivity contribution in [2.75, 3.05) is 19.9 Å². The van der Waals surface area contributed by atoms with Crippen LogP contribution < -0.4 is 14.8 Å². The lowest BCUT2D eigenvalue weighted by atomic mass is 10.1. The minimum Gasteiger partial charge on any atom is -0.454 e. The van der Waals surface area contributed by atoms with E-state index in [0.717, 1.165) is 29.5 Å². The van der Waals surface area contributed by atoms with Gasteiger partial charge < -0.3 is 19.9 Å². The first-order valence-electron chi connectivity index (χ1n) is 6.61. The number of benzene rings is 1. The van der Waals surface area contributed by atoms with Gasteiger partial charge in [0.25, 0.3) is 0 Å². The minimum absolute atomic E-state index is 0.272. The molecule has 0 spiro atoms. The van der Waals surface area contributed by atoms with Crippen LogP contribution in [0.3, 0.4) is 0 Å². The fourth-order valence-corrected chi connectivity index (χ4v) is 2.19. The van der Waals surface area contributed by atoms with Gasteiger partial charge in [-0.3, -0.25) is 0 Å². The Morgan fingerprint density at radius 1 is 1.28 bits per heavy atom. The highest BCUT2D eigenvalue weighted by atomic mass is 16.7. The zero-order valence-corrected chi connectivity index (χ0v) is 10.4. The van der Waals surface area contributed by atoms with E-state index in [-0.39, 0.29) is 6.79 Å². The van der Waals surface area contributed by atoms with Gasteiger partial charge in [0.05, 0.1) is 6.10 Å². The summed E-state index contributed by atoms with van der Waals surface area (Å²) in [4.78, 5) is 0. The zero-order valence-electron chi connectivity index (χ0n) is 10.4. The molecule has 4 nitrogen and oxygen atoms in total. The first-order chi connectivity index (χ1) is 8.83. The third-order valence-corrected chi connectivity index (χ3v) is 3.55. The maximum atomic E-state index is 10.1. The quantitative estimate of drug-likeness (QED) is 0.755. The number of aliphatic hydroxyl groups excluding tert-OH is 1. The van der Waals surface area contributed by atoms with E-state index >= 15 is 0 Å². The molecule has 1 saturated carbocycles. The summed E-state index contributed by atoms with van der Waals surface area (Å²) >= 11 is 0. The van der Waals surface area contributed by atoms with Crippen molar-refractivity contribution in [2.24, 2.45) is 5.92 Å². The van der Waals surface area contributed by atoms with Gasteiger partial charge in [0.1, 0.15) is 0 Å². The number of aliphatic hydroxyl groups is 1. The van der Waals surface area contributed by atoms with E-state index in [0.29, 0.717) is 6.54 Å². The summed E-state index contributed by atoms with van der Waals surface area (Å²) < 4.78 is 10.5. The lowest BCUT2D eigenvalue weighted by Crippen LogP contribution is -2.22. The summed E-state index contributed by atoms with van der Waals surface area (Å²) in [7, 11) is 0. The molecule has 1 fully saturated rings. The second-order valence-electron chi connectivity index (χ2n) is 5.06. The van der Waals surface area contributed by atoms with E-state index in [1.54, 1.807) is 0 Å². The molecule has 1 unspecified atom stereocenters. The standard InChI is InChI=1S/C14H19NO3/c16-12(8-15-6-5-10-1-2-10)11-3-4-13-14(7-11)18-9-17-13/h3-4,7,10,12,15-16H,1-2,5-6,8-9H2. The summed E-state index contributed by atoms with van der Waals surface area (Å²) in [5.74, 6) is 2.41. The van der Waals surface area contributed by atoms with Crippen LogP contribution in [0.1, 0.15) is 30.9 Å². The summed E-state index contributed by atoms with van der Waals surface area (Å²) in [6.07, 6.45) is 3.51. The molecule has 2 N–H and O–H groups in total. The highest BCUT2D eigenvalue weighted by molar-refractivity contribution is 5.45. The molecule has 0 bridgehead atoms. The topological polar surface area (TPSA) is 50.7 Å². The van der Waals surface area contributed by atoms with E-state index in [2.05, 4.69) is 5.32 Å². The maximum absolute atomic E-state index is 10.1. The minimum atomic E-state index is -0.487. The molecule has 1 atom stereocenters. The van der Waals surface area contributed by atoms with Crippen molar-refractivity contribution in [3.05, 3.63) is 23.8 Å². The average Bonchev–Trinajstić information content (AvgIpc) is 3.09. The Kier molecular flexibility index (Phi) is 3.39. The fourth-order valence-electron chi connectivity index (χ4n) is 2.19. The highest BCUT2D eigenvalue weighted by Gasteiger charge is 2.20. The predicted molar refractivity (Wildman–Crippen MR) is 67.7 cm³/mol. The Balaban J connectivity index is 1.49. The molecule has 0 aromatic heterocycles. The smallest absolute Gasteiger partial charge is 0.231 e. The number of rotatable bonds is 6. The van der Waals surface area contributed by atoms with Gasteiger partial charge in [-0.25, -0.2) is 0 Å². The van der Waals surface area contributed by atoms with Crippen LogP contribution in [0.5, 0.6) is 11.5 Å². The van der Waals surface area contributed by atoms with Gasteiger partial charge in [0.2, 0.25) is 6.79 Å². The first kappa shape index (κ1) is 11.8. The summed E-state index contributed by atoms with van der Waals surface area (Å²) in [6.45, 7) is 1.85. The molecule has 1 aromatic rings. The second-order valence-corrected chi connectivity index (χ2v) is 5.06. The van der Waals surface area contributed by atoms with Gasteiger partial charge in [0, 0.05) is 6.54 Å². The number of hydrogen-bond acceptors (Lipinski definition) is 4. The van der Waals surface area contributed by atoms with Crippen molar-refractivity contribution in [3.8, 4) is 11.5 Å². The van der Waals surface area contributed by atoms with Crippen LogP contribution in [0.25, 0.3) is 0 Å². The van der Waals surface area contributed by atoms with Gasteiger partial charge in [-0.1, -0.05) is 18.9 Å². The molecule has 18 heavy (non-hydrogen) atoms. The Morgan fingerprint density at radius 3 is 2.94 bits per heavy atom. The molecule has 0 amide bonds. The SMILES string of the molecule is OC(CNCCC1CC1)c1ccc2c(c1)OCO2. The van der Waals surface area contributed by atoms with Crippen molar-refractivity contribution >= 4 is 0 Å². The zero-order chi connectivity index (χ0) is 12.4. The van der Waals surface area contributed by atoms with E-state index in [1.165, 1.54) is 19.3 Å². The normalized spacial score (nSPS) is 18.9. The van der Waals surface area contributed by atoms with Crippen molar-refractivity contribution < 1.29 is 14.6 Å². The highest BCUT2D eigenvalue weighted by Crippen LogP contribution is 2.34. The monoisotopic (exact) mass is 249 g/mol. The van der Waals surface area contributed by atoms with Crippen LogP contribution >= 0.6 is 0 Å². The predicted octanol–water partition coefficient (Wildman–Crippen LogP) is 1.84. The van der Waals surface area contributed by atoms with Crippen molar-refractivity contribution in [1.29, 1.82) is 0 Å². The molecule has 98 valence electrons. The maximum Gasteiger partial charge on any atom is 0.231 e. The van der Waals surface area contributed by atoms with E-state index in [9.17, 15) is 5.11 Å². The lowest BCUT2D eigenvalue weighted by Gasteiger charge is -2.12. The molecule has 1 aliphatic heterocycles. The molecule has 3 rings (SSSR count). The summed E-state index contributed by atoms with van der Waals surface area (Å²) in [6, 6.07) is 5.60. The van der Waals surface area contributed by atoms with Gasteiger partial charge in [-0.15, -0.1) is 0 Å². The Morgan fingerprint density at radius 2 is 2.11 bits per heavy atom. The summed E-state index contributed by atoms with van der Waals surface area (Å²) in [5.41, 5.74) is 0.873. The third-order valence-electron chi connectivity index (χ3n) is 3.55. The summed E-state index contributed by atoms with van der Waals surface area (Å²) in [5, 5.41) is 13.4. The van der Waals surface area contributed by atoms with Crippen molar-refractivity contribution in [2.45, 2.75) is 25.4 Å². The van der Waals surface area contributed by atoms with Crippen molar-refractivity contribution in [3.63, 3.8) is 0 Å².